The molecule has 2 aromatic rings. The summed E-state index contributed by atoms with van der Waals surface area (Å²) in [5.74, 6) is 0.269. The summed E-state index contributed by atoms with van der Waals surface area (Å²) < 4.78 is 0. The number of rotatable bonds is 6. The Morgan fingerprint density at radius 1 is 1.10 bits per heavy atom. The van der Waals surface area contributed by atoms with Crippen molar-refractivity contribution in [3.05, 3.63) is 69.8 Å². The Hall–Kier alpha value is -2.40. The largest absolute Gasteiger partial charge is 0.508 e. The van der Waals surface area contributed by atoms with E-state index in [1.807, 2.05) is 12.1 Å². The lowest BCUT2D eigenvalue weighted by Crippen LogP contribution is -2.27. The third-order valence-corrected chi connectivity index (χ3v) is 3.28. The summed E-state index contributed by atoms with van der Waals surface area (Å²) in [6, 6.07) is 14.0. The first-order chi connectivity index (χ1) is 10.0. The van der Waals surface area contributed by atoms with E-state index >= 15 is 0 Å². The van der Waals surface area contributed by atoms with Crippen LogP contribution in [0.25, 0.3) is 0 Å². The maximum atomic E-state index is 10.6. The van der Waals surface area contributed by atoms with E-state index in [9.17, 15) is 15.2 Å². The van der Waals surface area contributed by atoms with E-state index in [2.05, 4.69) is 12.2 Å². The van der Waals surface area contributed by atoms with Gasteiger partial charge in [0.1, 0.15) is 5.75 Å². The van der Waals surface area contributed by atoms with Gasteiger partial charge in [-0.3, -0.25) is 10.1 Å². The van der Waals surface area contributed by atoms with Crippen molar-refractivity contribution >= 4 is 5.69 Å². The van der Waals surface area contributed by atoms with Gasteiger partial charge in [-0.15, -0.1) is 0 Å². The molecule has 0 heterocycles. The number of hydrogen-bond donors (Lipinski definition) is 2. The van der Waals surface area contributed by atoms with Gasteiger partial charge in [0.05, 0.1) is 4.92 Å². The van der Waals surface area contributed by atoms with E-state index < -0.39 is 4.92 Å². The molecule has 2 aromatic carbocycles. The molecule has 21 heavy (non-hydrogen) atoms. The normalized spacial score (nSPS) is 12.0. The van der Waals surface area contributed by atoms with Crippen LogP contribution in [0.3, 0.4) is 0 Å². The average Bonchev–Trinajstić information content (AvgIpc) is 2.48. The zero-order valence-corrected chi connectivity index (χ0v) is 11.8. The quantitative estimate of drug-likeness (QED) is 0.632. The van der Waals surface area contributed by atoms with Crippen LogP contribution in [0, 0.1) is 10.1 Å². The maximum absolute atomic E-state index is 10.6. The lowest BCUT2D eigenvalue weighted by atomic mass is 10.1. The number of phenolic OH excluding ortho intramolecular Hbond substituents is 1. The van der Waals surface area contributed by atoms with Crippen LogP contribution in [0.1, 0.15) is 18.1 Å². The molecule has 2 rings (SSSR count). The number of aromatic hydroxyl groups is 1. The zero-order valence-electron chi connectivity index (χ0n) is 11.8. The number of hydrogen-bond acceptors (Lipinski definition) is 4. The van der Waals surface area contributed by atoms with Crippen molar-refractivity contribution in [1.82, 2.24) is 5.32 Å². The van der Waals surface area contributed by atoms with Crippen LogP contribution in [0.2, 0.25) is 0 Å². The van der Waals surface area contributed by atoms with Crippen molar-refractivity contribution < 1.29 is 10.0 Å². The Labute approximate surface area is 123 Å². The number of nitro benzene ring substituents is 1. The maximum Gasteiger partial charge on any atom is 0.269 e. The molecule has 110 valence electrons. The fourth-order valence-corrected chi connectivity index (χ4v) is 2.09. The van der Waals surface area contributed by atoms with Crippen molar-refractivity contribution in [3.8, 4) is 5.75 Å². The number of phenols is 1. The van der Waals surface area contributed by atoms with E-state index in [-0.39, 0.29) is 17.5 Å². The molecule has 5 heteroatoms. The number of non-ortho nitro benzene ring substituents is 1. The fraction of sp³-hybridized carbons (Fsp3) is 0.250. The first kappa shape index (κ1) is 15.0. The second-order valence-electron chi connectivity index (χ2n) is 5.08. The molecule has 0 aliphatic heterocycles. The molecule has 0 aliphatic carbocycles. The average molecular weight is 286 g/mol. The van der Waals surface area contributed by atoms with E-state index in [0.29, 0.717) is 6.54 Å². The highest BCUT2D eigenvalue weighted by molar-refractivity contribution is 5.32. The SMILES string of the molecule is CC(Cc1ccc(O)cc1)NCc1ccc([N+](=O)[O-])cc1. The van der Waals surface area contributed by atoms with E-state index in [1.165, 1.54) is 12.1 Å². The molecule has 0 saturated heterocycles. The van der Waals surface area contributed by atoms with Crippen molar-refractivity contribution in [3.63, 3.8) is 0 Å². The number of nitrogens with one attached hydrogen (secondary N) is 1. The van der Waals surface area contributed by atoms with Crippen molar-refractivity contribution in [2.75, 3.05) is 0 Å². The summed E-state index contributed by atoms with van der Waals surface area (Å²) in [4.78, 5) is 10.2. The molecule has 2 N–H and O–H groups in total. The minimum atomic E-state index is -0.398. The minimum absolute atomic E-state index is 0.107. The van der Waals surface area contributed by atoms with E-state index in [4.69, 9.17) is 0 Å². The highest BCUT2D eigenvalue weighted by Crippen LogP contribution is 2.13. The monoisotopic (exact) mass is 286 g/mol. The van der Waals surface area contributed by atoms with Gasteiger partial charge in [0.25, 0.3) is 5.69 Å². The lowest BCUT2D eigenvalue weighted by Gasteiger charge is -2.14. The molecule has 5 nitrogen and oxygen atoms in total. The van der Waals surface area contributed by atoms with Crippen molar-refractivity contribution in [2.45, 2.75) is 25.9 Å². The van der Waals surface area contributed by atoms with Crippen LogP contribution in [-0.2, 0) is 13.0 Å². The molecule has 0 amide bonds. The van der Waals surface area contributed by atoms with Crippen LogP contribution >= 0.6 is 0 Å². The number of benzene rings is 2. The predicted octanol–water partition coefficient (Wildman–Crippen LogP) is 3.02. The Morgan fingerprint density at radius 2 is 1.67 bits per heavy atom. The Kier molecular flexibility index (Phi) is 4.90. The van der Waals surface area contributed by atoms with Crippen LogP contribution < -0.4 is 5.32 Å². The van der Waals surface area contributed by atoms with Gasteiger partial charge in [-0.2, -0.15) is 0 Å². The first-order valence-electron chi connectivity index (χ1n) is 6.79. The second kappa shape index (κ2) is 6.85. The van der Waals surface area contributed by atoms with Crippen LogP contribution in [0.5, 0.6) is 5.75 Å². The summed E-state index contributed by atoms with van der Waals surface area (Å²) in [6.07, 6.45) is 0.854. The molecule has 0 spiro atoms. The zero-order chi connectivity index (χ0) is 15.2. The van der Waals surface area contributed by atoms with Gasteiger partial charge < -0.3 is 10.4 Å². The van der Waals surface area contributed by atoms with Gasteiger partial charge >= 0.3 is 0 Å². The van der Waals surface area contributed by atoms with Crippen molar-refractivity contribution in [1.29, 1.82) is 0 Å². The van der Waals surface area contributed by atoms with Crippen LogP contribution in [0.4, 0.5) is 5.69 Å². The molecule has 0 radical (unpaired) electrons. The lowest BCUT2D eigenvalue weighted by molar-refractivity contribution is -0.384. The third kappa shape index (κ3) is 4.57. The predicted molar refractivity (Wildman–Crippen MR) is 81.2 cm³/mol. The highest BCUT2D eigenvalue weighted by atomic mass is 16.6. The summed E-state index contributed by atoms with van der Waals surface area (Å²) in [6.45, 7) is 2.75. The summed E-state index contributed by atoms with van der Waals surface area (Å²) in [5.41, 5.74) is 2.27. The molecule has 1 atom stereocenters. The molecule has 0 aromatic heterocycles. The fourth-order valence-electron chi connectivity index (χ4n) is 2.09. The smallest absolute Gasteiger partial charge is 0.269 e. The molecular formula is C16H18N2O3. The van der Waals surface area contributed by atoms with Gasteiger partial charge in [-0.1, -0.05) is 24.3 Å². The standard InChI is InChI=1S/C16H18N2O3/c1-12(10-13-4-8-16(19)9-5-13)17-11-14-2-6-15(7-3-14)18(20)21/h2-9,12,17,19H,10-11H2,1H3. The molecular weight excluding hydrogens is 268 g/mol. The Morgan fingerprint density at radius 3 is 2.24 bits per heavy atom. The molecule has 1 unspecified atom stereocenters. The molecule has 0 bridgehead atoms. The number of nitrogens with zero attached hydrogens (tertiary/aromatic N) is 1. The molecule has 0 saturated carbocycles. The second-order valence-corrected chi connectivity index (χ2v) is 5.08. The Bertz CT molecular complexity index is 594. The van der Waals surface area contributed by atoms with Gasteiger partial charge in [0.2, 0.25) is 0 Å². The Balaban J connectivity index is 1.84. The number of nitro groups is 1. The molecule has 0 aliphatic rings. The summed E-state index contributed by atoms with van der Waals surface area (Å²) >= 11 is 0. The highest BCUT2D eigenvalue weighted by Gasteiger charge is 2.06. The third-order valence-electron chi connectivity index (χ3n) is 3.28. The van der Waals surface area contributed by atoms with Crippen LogP contribution in [0.15, 0.2) is 48.5 Å². The van der Waals surface area contributed by atoms with E-state index in [0.717, 1.165) is 17.5 Å². The van der Waals surface area contributed by atoms with Crippen molar-refractivity contribution in [2.24, 2.45) is 0 Å². The molecule has 0 fully saturated rings. The first-order valence-corrected chi connectivity index (χ1v) is 6.79. The van der Waals surface area contributed by atoms with E-state index in [1.54, 1.807) is 24.3 Å². The minimum Gasteiger partial charge on any atom is -0.508 e. The topological polar surface area (TPSA) is 75.4 Å². The summed E-state index contributed by atoms with van der Waals surface area (Å²) in [5, 5.41) is 23.2. The van der Waals surface area contributed by atoms with Gasteiger partial charge in [-0.05, 0) is 36.6 Å². The van der Waals surface area contributed by atoms with Gasteiger partial charge in [0, 0.05) is 24.7 Å². The van der Waals surface area contributed by atoms with Gasteiger partial charge in [-0.25, -0.2) is 0 Å². The summed E-state index contributed by atoms with van der Waals surface area (Å²) in [7, 11) is 0. The van der Waals surface area contributed by atoms with Crippen LogP contribution in [-0.4, -0.2) is 16.1 Å². The van der Waals surface area contributed by atoms with Gasteiger partial charge in [0.15, 0.2) is 0 Å².